The molecule has 1 N–H and O–H groups in total. The fraction of sp³-hybridized carbons (Fsp3) is 0.308. The minimum absolute atomic E-state index is 0.332. The lowest BCUT2D eigenvalue weighted by atomic mass is 9.87. The van der Waals surface area contributed by atoms with E-state index >= 15 is 4.39 Å². The average Bonchev–Trinajstić information content (AvgIpc) is 3.34. The molecule has 1 aliphatic rings. The Morgan fingerprint density at radius 2 is 2.03 bits per heavy atom. The van der Waals surface area contributed by atoms with E-state index in [2.05, 4.69) is 20.6 Å². The summed E-state index contributed by atoms with van der Waals surface area (Å²) in [5.74, 6) is -0.125. The molecule has 2 unspecified atom stereocenters. The number of carbonyl (C=O) groups is 1. The van der Waals surface area contributed by atoms with Crippen LogP contribution in [0.5, 0.6) is 0 Å². The monoisotopic (exact) mass is 492 g/mol. The molecule has 4 aromatic rings. The molecule has 180 valence electrons. The van der Waals surface area contributed by atoms with E-state index in [0.717, 1.165) is 16.3 Å². The number of halogens is 2. The second kappa shape index (κ2) is 9.62. The summed E-state index contributed by atoms with van der Waals surface area (Å²) in [7, 11) is 0. The first-order chi connectivity index (χ1) is 17.0. The highest BCUT2D eigenvalue weighted by Crippen LogP contribution is 2.38. The highest BCUT2D eigenvalue weighted by atomic mass is 35.5. The van der Waals surface area contributed by atoms with Gasteiger partial charge in [-0.25, -0.2) is 9.37 Å². The molecule has 2 aromatic carbocycles. The summed E-state index contributed by atoms with van der Waals surface area (Å²) in [6.07, 6.45) is 2.54. The van der Waals surface area contributed by atoms with Gasteiger partial charge in [-0.1, -0.05) is 35.0 Å². The number of alkyl halides is 1. The average molecular weight is 493 g/mol. The molecular weight excluding hydrogens is 467 g/mol. The van der Waals surface area contributed by atoms with Gasteiger partial charge in [0.1, 0.15) is 5.82 Å². The number of nitrogens with zero attached hydrogens (tertiary/aromatic N) is 5. The van der Waals surface area contributed by atoms with Crippen molar-refractivity contribution in [3.8, 4) is 0 Å². The first-order valence-electron chi connectivity index (χ1n) is 11.7. The van der Waals surface area contributed by atoms with E-state index in [1.165, 1.54) is 0 Å². The molecule has 0 bridgehead atoms. The number of anilines is 1. The molecular formula is C26H26ClFN6O. The Morgan fingerprint density at radius 1 is 1.23 bits per heavy atom. The van der Waals surface area contributed by atoms with Gasteiger partial charge in [-0.3, -0.25) is 9.48 Å². The maximum atomic E-state index is 16.4. The van der Waals surface area contributed by atoms with E-state index in [-0.39, 0.29) is 11.8 Å². The predicted molar refractivity (Wildman–Crippen MR) is 134 cm³/mol. The van der Waals surface area contributed by atoms with Crippen molar-refractivity contribution >= 4 is 34.1 Å². The number of amides is 1. The Labute approximate surface area is 207 Å². The number of carbonyl (C=O) groups excluding carboxylic acids is 1. The number of rotatable bonds is 5. The fourth-order valence-corrected chi connectivity index (χ4v) is 5.11. The van der Waals surface area contributed by atoms with E-state index in [1.807, 2.05) is 44.3 Å². The van der Waals surface area contributed by atoms with Gasteiger partial charge in [-0.15, -0.1) is 5.10 Å². The Balaban J connectivity index is 1.53. The molecule has 2 aromatic heterocycles. The van der Waals surface area contributed by atoms with Gasteiger partial charge in [0, 0.05) is 47.4 Å². The first-order valence-corrected chi connectivity index (χ1v) is 12.1. The molecule has 3 atom stereocenters. The van der Waals surface area contributed by atoms with Crippen LogP contribution in [0.3, 0.4) is 0 Å². The molecule has 5 rings (SSSR count). The van der Waals surface area contributed by atoms with Crippen LogP contribution in [-0.4, -0.2) is 44.8 Å². The summed E-state index contributed by atoms with van der Waals surface area (Å²) >= 11 is 6.26. The molecule has 1 aliphatic heterocycles. The van der Waals surface area contributed by atoms with Gasteiger partial charge in [-0.2, -0.15) is 0 Å². The number of pyridine rings is 1. The number of fused-ring (bicyclic) bond motifs is 1. The van der Waals surface area contributed by atoms with E-state index in [1.54, 1.807) is 40.0 Å². The Hall–Kier alpha value is -3.52. The summed E-state index contributed by atoms with van der Waals surface area (Å²) in [4.78, 5) is 19.3. The van der Waals surface area contributed by atoms with Crippen LogP contribution in [0.25, 0.3) is 10.8 Å². The minimum Gasteiger partial charge on any atom is -0.344 e. The summed E-state index contributed by atoms with van der Waals surface area (Å²) in [5, 5.41) is 13.7. The highest BCUT2D eigenvalue weighted by molar-refractivity contribution is 6.31. The number of aromatic nitrogens is 4. The van der Waals surface area contributed by atoms with Crippen LogP contribution in [0.4, 0.5) is 10.2 Å². The maximum Gasteiger partial charge on any atom is 0.251 e. The highest BCUT2D eigenvalue weighted by Gasteiger charge is 2.42. The Morgan fingerprint density at radius 3 is 2.77 bits per heavy atom. The zero-order valence-electron chi connectivity index (χ0n) is 19.5. The van der Waals surface area contributed by atoms with Crippen LogP contribution < -0.4 is 10.2 Å². The summed E-state index contributed by atoms with van der Waals surface area (Å²) in [5.41, 5.74) is 2.06. The second-order valence-corrected chi connectivity index (χ2v) is 9.22. The molecule has 3 heterocycles. The molecule has 0 aliphatic carbocycles. The van der Waals surface area contributed by atoms with Crippen molar-refractivity contribution in [2.45, 2.75) is 45.1 Å². The lowest BCUT2D eigenvalue weighted by molar-refractivity contribution is 0.0872. The standard InChI is InChI=1S/C26H26ClFN6O/c1-3-33-15-21(31-32-33)20-10-12-34(24(28)23(20)30-26(35)17-7-5-4-6-8-17)25-22-16(2)13-19(27)14-18(22)9-11-29-25/h4-9,11,13-15,20,23-24H,3,10,12H2,1-2H3,(H,30,35)/t20?,23-,24?/m1/s1. The molecule has 0 radical (unpaired) electrons. The smallest absolute Gasteiger partial charge is 0.251 e. The molecule has 1 saturated heterocycles. The van der Waals surface area contributed by atoms with Gasteiger partial charge in [-0.05, 0) is 61.5 Å². The summed E-state index contributed by atoms with van der Waals surface area (Å²) in [6.45, 7) is 4.98. The van der Waals surface area contributed by atoms with E-state index < -0.39 is 12.3 Å². The molecule has 35 heavy (non-hydrogen) atoms. The zero-order valence-corrected chi connectivity index (χ0v) is 20.3. The van der Waals surface area contributed by atoms with Gasteiger partial charge in [0.05, 0.1) is 11.7 Å². The van der Waals surface area contributed by atoms with Crippen LogP contribution in [0.2, 0.25) is 5.02 Å². The second-order valence-electron chi connectivity index (χ2n) is 8.78. The summed E-state index contributed by atoms with van der Waals surface area (Å²) in [6, 6.07) is 13.6. The number of piperidine rings is 1. The lowest BCUT2D eigenvalue weighted by Crippen LogP contribution is -2.57. The summed E-state index contributed by atoms with van der Waals surface area (Å²) < 4.78 is 18.1. The number of benzene rings is 2. The van der Waals surface area contributed by atoms with Crippen LogP contribution in [-0.2, 0) is 6.54 Å². The Bertz CT molecular complexity index is 1360. The number of hydrogen-bond acceptors (Lipinski definition) is 5. The number of nitrogens with one attached hydrogen (secondary N) is 1. The molecule has 1 amide bonds. The maximum absolute atomic E-state index is 16.4. The topological polar surface area (TPSA) is 75.9 Å². The number of aryl methyl sites for hydroxylation is 2. The molecule has 0 saturated carbocycles. The van der Waals surface area contributed by atoms with Crippen LogP contribution in [0.15, 0.2) is 60.9 Å². The van der Waals surface area contributed by atoms with Crippen molar-refractivity contribution in [2.24, 2.45) is 0 Å². The predicted octanol–water partition coefficient (Wildman–Crippen LogP) is 4.90. The van der Waals surface area contributed by atoms with Crippen molar-refractivity contribution < 1.29 is 9.18 Å². The molecule has 9 heteroatoms. The SMILES string of the molecule is CCn1cc(C2CCN(c3nccc4cc(Cl)cc(C)c34)C(F)[C@@H]2NC(=O)c2ccccc2)nn1. The Kier molecular flexibility index (Phi) is 6.38. The fourth-order valence-electron chi connectivity index (χ4n) is 4.83. The van der Waals surface area contributed by atoms with Gasteiger partial charge in [0.25, 0.3) is 5.91 Å². The zero-order chi connectivity index (χ0) is 24.5. The first kappa shape index (κ1) is 23.2. The van der Waals surface area contributed by atoms with Gasteiger partial charge >= 0.3 is 0 Å². The molecule has 1 fully saturated rings. The molecule has 7 nitrogen and oxygen atoms in total. The van der Waals surface area contributed by atoms with Gasteiger partial charge in [0.2, 0.25) is 0 Å². The van der Waals surface area contributed by atoms with Crippen LogP contribution in [0, 0.1) is 6.92 Å². The number of hydrogen-bond donors (Lipinski definition) is 1. The third-order valence-electron chi connectivity index (χ3n) is 6.58. The molecule has 0 spiro atoms. The lowest BCUT2D eigenvalue weighted by Gasteiger charge is -2.42. The van der Waals surface area contributed by atoms with E-state index in [4.69, 9.17) is 11.6 Å². The van der Waals surface area contributed by atoms with Crippen LogP contribution >= 0.6 is 11.6 Å². The van der Waals surface area contributed by atoms with Crippen LogP contribution in [0.1, 0.15) is 40.9 Å². The van der Waals surface area contributed by atoms with E-state index in [0.29, 0.717) is 41.6 Å². The van der Waals surface area contributed by atoms with Crippen molar-refractivity contribution in [3.63, 3.8) is 0 Å². The van der Waals surface area contributed by atoms with Gasteiger partial charge in [0.15, 0.2) is 6.30 Å². The van der Waals surface area contributed by atoms with Gasteiger partial charge < -0.3 is 10.2 Å². The largest absolute Gasteiger partial charge is 0.344 e. The van der Waals surface area contributed by atoms with E-state index in [9.17, 15) is 4.79 Å². The third kappa shape index (κ3) is 4.46. The minimum atomic E-state index is -1.53. The van der Waals surface area contributed by atoms with Crippen molar-refractivity contribution in [1.29, 1.82) is 0 Å². The van der Waals surface area contributed by atoms with Crippen molar-refractivity contribution in [3.05, 3.63) is 82.8 Å². The normalized spacial score (nSPS) is 20.2. The van der Waals surface area contributed by atoms with Crippen molar-refractivity contribution in [2.75, 3.05) is 11.4 Å². The quantitative estimate of drug-likeness (QED) is 0.401. The van der Waals surface area contributed by atoms with Crippen molar-refractivity contribution in [1.82, 2.24) is 25.3 Å². The third-order valence-corrected chi connectivity index (χ3v) is 6.80.